The first-order valence-corrected chi connectivity index (χ1v) is 3.03. The Morgan fingerprint density at radius 1 is 1.50 bits per heavy atom. The smallest absolute Gasteiger partial charge is 0.0823 e. The van der Waals surface area contributed by atoms with Crippen molar-refractivity contribution in [2.75, 3.05) is 0 Å². The van der Waals surface area contributed by atoms with Crippen molar-refractivity contribution in [2.24, 2.45) is 0 Å². The van der Waals surface area contributed by atoms with E-state index < -0.39 is 0 Å². The molecule has 0 radical (unpaired) electrons. The standard InChI is InChI=1S/C6H12O2/c1-4-3-6(7)5(2)8-4/h4-7H,3H2,1-2H3/t4-,5?,6+/m0/s1. The fourth-order valence-electron chi connectivity index (χ4n) is 1.04. The van der Waals surface area contributed by atoms with E-state index in [0.29, 0.717) is 0 Å². The van der Waals surface area contributed by atoms with Crippen molar-refractivity contribution in [3.8, 4) is 0 Å². The molecule has 1 saturated heterocycles. The zero-order valence-electron chi connectivity index (χ0n) is 5.29. The van der Waals surface area contributed by atoms with E-state index in [1.54, 1.807) is 0 Å². The van der Waals surface area contributed by atoms with Crippen molar-refractivity contribution in [1.82, 2.24) is 0 Å². The van der Waals surface area contributed by atoms with E-state index in [2.05, 4.69) is 0 Å². The summed E-state index contributed by atoms with van der Waals surface area (Å²) >= 11 is 0. The minimum atomic E-state index is -0.231. The summed E-state index contributed by atoms with van der Waals surface area (Å²) in [5, 5.41) is 9.04. The Labute approximate surface area is 49.5 Å². The number of rotatable bonds is 0. The largest absolute Gasteiger partial charge is 0.390 e. The zero-order chi connectivity index (χ0) is 6.15. The molecule has 1 heterocycles. The summed E-state index contributed by atoms with van der Waals surface area (Å²) in [4.78, 5) is 0. The van der Waals surface area contributed by atoms with Crippen LogP contribution in [0.25, 0.3) is 0 Å². The SMILES string of the molecule is CC1O[C@@H](C)C[C@H]1O. The number of ether oxygens (including phenoxy) is 1. The highest BCUT2D eigenvalue weighted by Gasteiger charge is 2.26. The van der Waals surface area contributed by atoms with Crippen LogP contribution in [0.3, 0.4) is 0 Å². The van der Waals surface area contributed by atoms with Crippen LogP contribution < -0.4 is 0 Å². The normalized spacial score (nSPS) is 47.6. The second kappa shape index (κ2) is 2.03. The van der Waals surface area contributed by atoms with E-state index in [4.69, 9.17) is 9.84 Å². The van der Waals surface area contributed by atoms with Crippen LogP contribution in [0, 0.1) is 0 Å². The minimum Gasteiger partial charge on any atom is -0.390 e. The van der Waals surface area contributed by atoms with E-state index in [1.165, 1.54) is 0 Å². The Bertz CT molecular complexity index is 72.6. The predicted molar refractivity (Wildman–Crippen MR) is 30.6 cm³/mol. The first-order chi connectivity index (χ1) is 3.70. The molecule has 0 aromatic carbocycles. The van der Waals surface area contributed by atoms with E-state index in [0.717, 1.165) is 6.42 Å². The monoisotopic (exact) mass is 116 g/mol. The predicted octanol–water partition coefficient (Wildman–Crippen LogP) is 0.545. The molecule has 1 aliphatic rings. The zero-order valence-corrected chi connectivity index (χ0v) is 5.29. The van der Waals surface area contributed by atoms with Crippen LogP contribution in [0.15, 0.2) is 0 Å². The molecule has 8 heavy (non-hydrogen) atoms. The summed E-state index contributed by atoms with van der Waals surface area (Å²) in [6.07, 6.45) is 0.858. The van der Waals surface area contributed by atoms with E-state index in [-0.39, 0.29) is 18.3 Å². The molecule has 1 fully saturated rings. The lowest BCUT2D eigenvalue weighted by Gasteiger charge is -2.04. The molecule has 1 rings (SSSR count). The van der Waals surface area contributed by atoms with Crippen molar-refractivity contribution >= 4 is 0 Å². The topological polar surface area (TPSA) is 29.5 Å². The number of hydrogen-bond donors (Lipinski definition) is 1. The highest BCUT2D eigenvalue weighted by Crippen LogP contribution is 2.18. The van der Waals surface area contributed by atoms with Crippen LogP contribution in [0.4, 0.5) is 0 Å². The van der Waals surface area contributed by atoms with E-state index in [9.17, 15) is 0 Å². The number of aliphatic hydroxyl groups is 1. The molecule has 0 saturated carbocycles. The molecule has 1 N–H and O–H groups in total. The molecule has 2 nitrogen and oxygen atoms in total. The van der Waals surface area contributed by atoms with Crippen molar-refractivity contribution < 1.29 is 9.84 Å². The van der Waals surface area contributed by atoms with Crippen LogP contribution in [0.5, 0.6) is 0 Å². The van der Waals surface area contributed by atoms with Gasteiger partial charge in [0.1, 0.15) is 0 Å². The summed E-state index contributed by atoms with van der Waals surface area (Å²) in [6.45, 7) is 3.88. The van der Waals surface area contributed by atoms with Gasteiger partial charge in [0.25, 0.3) is 0 Å². The Hall–Kier alpha value is -0.0800. The van der Waals surface area contributed by atoms with Crippen LogP contribution in [-0.2, 0) is 4.74 Å². The quantitative estimate of drug-likeness (QED) is 0.500. The average Bonchev–Trinajstić information content (AvgIpc) is 1.85. The van der Waals surface area contributed by atoms with Gasteiger partial charge >= 0.3 is 0 Å². The molecule has 1 unspecified atom stereocenters. The van der Waals surface area contributed by atoms with Crippen LogP contribution in [-0.4, -0.2) is 23.4 Å². The Morgan fingerprint density at radius 3 is 2.25 bits per heavy atom. The van der Waals surface area contributed by atoms with Gasteiger partial charge in [-0.05, 0) is 13.8 Å². The van der Waals surface area contributed by atoms with Gasteiger partial charge in [0.05, 0.1) is 18.3 Å². The van der Waals surface area contributed by atoms with Crippen LogP contribution in [0.2, 0.25) is 0 Å². The fraction of sp³-hybridized carbons (Fsp3) is 1.00. The van der Waals surface area contributed by atoms with Gasteiger partial charge in [-0.25, -0.2) is 0 Å². The average molecular weight is 116 g/mol. The van der Waals surface area contributed by atoms with Crippen molar-refractivity contribution in [3.63, 3.8) is 0 Å². The van der Waals surface area contributed by atoms with Gasteiger partial charge in [-0.15, -0.1) is 0 Å². The highest BCUT2D eigenvalue weighted by molar-refractivity contribution is 4.75. The van der Waals surface area contributed by atoms with Gasteiger partial charge < -0.3 is 9.84 Å². The molecule has 0 aromatic rings. The Kier molecular flexibility index (Phi) is 1.54. The molecule has 48 valence electrons. The fourth-order valence-corrected chi connectivity index (χ4v) is 1.04. The molecule has 0 spiro atoms. The second-order valence-corrected chi connectivity index (χ2v) is 2.45. The maximum absolute atomic E-state index is 9.04. The van der Waals surface area contributed by atoms with Gasteiger partial charge in [0.15, 0.2) is 0 Å². The summed E-state index contributed by atoms with van der Waals surface area (Å²) in [6, 6.07) is 0. The van der Waals surface area contributed by atoms with Crippen LogP contribution in [0.1, 0.15) is 20.3 Å². The molecular formula is C6H12O2. The molecule has 0 amide bonds. The summed E-state index contributed by atoms with van der Waals surface area (Å²) in [7, 11) is 0. The lowest BCUT2D eigenvalue weighted by molar-refractivity contribution is 0.0287. The molecule has 0 aliphatic carbocycles. The molecule has 0 aromatic heterocycles. The minimum absolute atomic E-state index is 0.0463. The molecule has 2 heteroatoms. The second-order valence-electron chi connectivity index (χ2n) is 2.45. The molecular weight excluding hydrogens is 104 g/mol. The lowest BCUT2D eigenvalue weighted by Crippen LogP contribution is -2.15. The van der Waals surface area contributed by atoms with Gasteiger partial charge in [-0.1, -0.05) is 0 Å². The first kappa shape index (κ1) is 6.05. The first-order valence-electron chi connectivity index (χ1n) is 3.03. The van der Waals surface area contributed by atoms with E-state index >= 15 is 0 Å². The number of aliphatic hydroxyl groups excluding tert-OH is 1. The third-order valence-electron chi connectivity index (χ3n) is 1.56. The molecule has 1 aliphatic heterocycles. The van der Waals surface area contributed by atoms with E-state index in [1.807, 2.05) is 13.8 Å². The van der Waals surface area contributed by atoms with Crippen LogP contribution >= 0.6 is 0 Å². The maximum Gasteiger partial charge on any atom is 0.0823 e. The Balaban J connectivity index is 2.39. The molecule has 3 atom stereocenters. The van der Waals surface area contributed by atoms with Crippen molar-refractivity contribution in [1.29, 1.82) is 0 Å². The van der Waals surface area contributed by atoms with Gasteiger partial charge in [0.2, 0.25) is 0 Å². The Morgan fingerprint density at radius 2 is 2.12 bits per heavy atom. The summed E-state index contributed by atoms with van der Waals surface area (Å²) < 4.78 is 5.22. The van der Waals surface area contributed by atoms with Crippen molar-refractivity contribution in [3.05, 3.63) is 0 Å². The van der Waals surface area contributed by atoms with Gasteiger partial charge in [-0.2, -0.15) is 0 Å². The molecule has 0 bridgehead atoms. The lowest BCUT2D eigenvalue weighted by atomic mass is 10.2. The highest BCUT2D eigenvalue weighted by atomic mass is 16.5. The van der Waals surface area contributed by atoms with Gasteiger partial charge in [-0.3, -0.25) is 0 Å². The summed E-state index contributed by atoms with van der Waals surface area (Å²) in [5.41, 5.74) is 0. The third-order valence-corrected chi connectivity index (χ3v) is 1.56. The van der Waals surface area contributed by atoms with Gasteiger partial charge in [0, 0.05) is 6.42 Å². The van der Waals surface area contributed by atoms with Crippen molar-refractivity contribution in [2.45, 2.75) is 38.6 Å². The maximum atomic E-state index is 9.04. The number of hydrogen-bond acceptors (Lipinski definition) is 2. The third kappa shape index (κ3) is 1.01. The summed E-state index contributed by atoms with van der Waals surface area (Å²) in [5.74, 6) is 0.